The van der Waals surface area contributed by atoms with Gasteiger partial charge < -0.3 is 5.73 Å². The second kappa shape index (κ2) is 3.92. The van der Waals surface area contributed by atoms with E-state index in [4.69, 9.17) is 17.3 Å². The van der Waals surface area contributed by atoms with Gasteiger partial charge in [-0.1, -0.05) is 22.9 Å². The largest absolute Gasteiger partial charge is 0.318 e. The highest BCUT2D eigenvalue weighted by atomic mass is 35.5. The predicted octanol–water partition coefficient (Wildman–Crippen LogP) is 1.04. The molecule has 0 saturated heterocycles. The molecule has 0 aliphatic rings. The molecule has 78 valence electrons. The lowest BCUT2D eigenvalue weighted by molar-refractivity contribution is 0.623. The molecule has 7 heteroatoms. The quantitative estimate of drug-likeness (QED) is 0.803. The highest BCUT2D eigenvalue weighted by Gasteiger charge is 2.14. The molecule has 0 aliphatic heterocycles. The summed E-state index contributed by atoms with van der Waals surface area (Å²) in [5, 5.41) is 13.1. The van der Waals surface area contributed by atoms with Crippen LogP contribution in [0.3, 0.4) is 0 Å². The smallest absolute Gasteiger partial charge is 0.195 e. The third kappa shape index (κ3) is 1.95. The van der Waals surface area contributed by atoms with Crippen LogP contribution in [0.1, 0.15) is 17.4 Å². The Morgan fingerprint density at radius 1 is 1.47 bits per heavy atom. The molecule has 1 heterocycles. The van der Waals surface area contributed by atoms with Crippen molar-refractivity contribution in [2.45, 2.75) is 6.04 Å². The average molecular weight is 228 g/mol. The summed E-state index contributed by atoms with van der Waals surface area (Å²) < 4.78 is 13.1. The first kappa shape index (κ1) is 10.0. The Labute approximate surface area is 89.4 Å². The molecule has 3 N–H and O–H groups in total. The van der Waals surface area contributed by atoms with E-state index < -0.39 is 11.9 Å². The van der Waals surface area contributed by atoms with E-state index in [1.807, 2.05) is 0 Å². The zero-order valence-electron chi connectivity index (χ0n) is 7.48. The number of hydrogen-bond donors (Lipinski definition) is 2. The minimum Gasteiger partial charge on any atom is -0.318 e. The number of nitrogens with one attached hydrogen (secondary N) is 1. The molecule has 2 aromatic rings. The van der Waals surface area contributed by atoms with Gasteiger partial charge in [0.05, 0.1) is 11.1 Å². The number of rotatable bonds is 2. The number of halogens is 2. The van der Waals surface area contributed by atoms with Crippen molar-refractivity contribution in [1.29, 1.82) is 0 Å². The molecule has 2 rings (SSSR count). The van der Waals surface area contributed by atoms with E-state index in [0.717, 1.165) is 0 Å². The molecule has 0 fully saturated rings. The van der Waals surface area contributed by atoms with Crippen molar-refractivity contribution in [2.24, 2.45) is 5.73 Å². The van der Waals surface area contributed by atoms with Crippen molar-refractivity contribution in [1.82, 2.24) is 20.6 Å². The van der Waals surface area contributed by atoms with Crippen LogP contribution >= 0.6 is 11.6 Å². The number of benzene rings is 1. The lowest BCUT2D eigenvalue weighted by atomic mass is 10.1. The molecular weight excluding hydrogens is 221 g/mol. The standard InChI is InChI=1S/C8H7ClFN5/c9-5-2-1-4(3-6(5)10)7(11)8-12-14-15-13-8/h1-3,7H,11H2,(H,12,13,14,15)/t7-/m0/s1. The lowest BCUT2D eigenvalue weighted by Gasteiger charge is -2.07. The van der Waals surface area contributed by atoms with Gasteiger partial charge >= 0.3 is 0 Å². The third-order valence-electron chi connectivity index (χ3n) is 1.94. The Hall–Kier alpha value is -1.53. The van der Waals surface area contributed by atoms with Crippen LogP contribution in [0.5, 0.6) is 0 Å². The molecule has 0 aliphatic carbocycles. The van der Waals surface area contributed by atoms with Crippen LogP contribution in [-0.2, 0) is 0 Å². The van der Waals surface area contributed by atoms with Crippen molar-refractivity contribution < 1.29 is 4.39 Å². The van der Waals surface area contributed by atoms with Crippen LogP contribution < -0.4 is 5.73 Å². The van der Waals surface area contributed by atoms with E-state index in [2.05, 4.69) is 20.6 Å². The molecule has 0 radical (unpaired) electrons. The van der Waals surface area contributed by atoms with Crippen LogP contribution in [0.4, 0.5) is 4.39 Å². The van der Waals surface area contributed by atoms with Crippen molar-refractivity contribution in [3.8, 4) is 0 Å². The Kier molecular flexibility index (Phi) is 2.61. The highest BCUT2D eigenvalue weighted by molar-refractivity contribution is 6.30. The van der Waals surface area contributed by atoms with Gasteiger partial charge in [0, 0.05) is 0 Å². The van der Waals surface area contributed by atoms with Gasteiger partial charge in [-0.3, -0.25) is 0 Å². The fraction of sp³-hybridized carbons (Fsp3) is 0.125. The molecule has 0 saturated carbocycles. The average Bonchev–Trinajstić information content (AvgIpc) is 2.74. The maximum absolute atomic E-state index is 13.1. The minimum absolute atomic E-state index is 0.0547. The van der Waals surface area contributed by atoms with Crippen LogP contribution in [-0.4, -0.2) is 20.6 Å². The van der Waals surface area contributed by atoms with Crippen LogP contribution in [0.15, 0.2) is 18.2 Å². The molecular formula is C8H7ClFN5. The molecule has 1 aromatic carbocycles. The zero-order chi connectivity index (χ0) is 10.8. The van der Waals surface area contributed by atoms with E-state index >= 15 is 0 Å². The summed E-state index contributed by atoms with van der Waals surface area (Å²) in [7, 11) is 0. The normalized spacial score (nSPS) is 12.7. The minimum atomic E-state index is -0.615. The van der Waals surface area contributed by atoms with Gasteiger partial charge in [-0.25, -0.2) is 4.39 Å². The summed E-state index contributed by atoms with van der Waals surface area (Å²) >= 11 is 5.54. The van der Waals surface area contributed by atoms with Gasteiger partial charge in [0.15, 0.2) is 5.82 Å². The number of H-pyrrole nitrogens is 1. The fourth-order valence-corrected chi connectivity index (χ4v) is 1.27. The Morgan fingerprint density at radius 3 is 2.87 bits per heavy atom. The summed E-state index contributed by atoms with van der Waals surface area (Å²) in [6, 6.07) is 3.69. The summed E-state index contributed by atoms with van der Waals surface area (Å²) in [6.45, 7) is 0. The van der Waals surface area contributed by atoms with E-state index in [0.29, 0.717) is 11.4 Å². The third-order valence-corrected chi connectivity index (χ3v) is 2.25. The van der Waals surface area contributed by atoms with E-state index in [9.17, 15) is 4.39 Å². The Bertz CT molecular complexity index is 458. The molecule has 0 unspecified atom stereocenters. The number of nitrogens with two attached hydrogens (primary N) is 1. The van der Waals surface area contributed by atoms with Crippen molar-refractivity contribution >= 4 is 11.6 Å². The molecule has 0 bridgehead atoms. The number of aromatic nitrogens is 4. The highest BCUT2D eigenvalue weighted by Crippen LogP contribution is 2.21. The first-order chi connectivity index (χ1) is 7.18. The summed E-state index contributed by atoms with van der Waals surface area (Å²) in [6.07, 6.45) is 0. The number of tetrazole rings is 1. The first-order valence-corrected chi connectivity index (χ1v) is 4.50. The maximum atomic E-state index is 13.1. The molecule has 1 atom stereocenters. The molecule has 0 spiro atoms. The Morgan fingerprint density at radius 2 is 2.27 bits per heavy atom. The summed E-state index contributed by atoms with van der Waals surface area (Å²) in [4.78, 5) is 0. The number of aromatic amines is 1. The van der Waals surface area contributed by atoms with Gasteiger partial charge in [0.25, 0.3) is 0 Å². The van der Waals surface area contributed by atoms with Crippen molar-refractivity contribution in [2.75, 3.05) is 0 Å². The van der Waals surface area contributed by atoms with Crippen molar-refractivity contribution in [3.63, 3.8) is 0 Å². The number of hydrogen-bond acceptors (Lipinski definition) is 4. The van der Waals surface area contributed by atoms with Gasteiger partial charge in [-0.2, -0.15) is 5.21 Å². The van der Waals surface area contributed by atoms with Crippen LogP contribution in [0, 0.1) is 5.82 Å². The number of nitrogens with zero attached hydrogens (tertiary/aromatic N) is 3. The van der Waals surface area contributed by atoms with Gasteiger partial charge in [0.2, 0.25) is 0 Å². The van der Waals surface area contributed by atoms with Gasteiger partial charge in [-0.05, 0) is 17.7 Å². The van der Waals surface area contributed by atoms with E-state index in [1.165, 1.54) is 12.1 Å². The van der Waals surface area contributed by atoms with Crippen LogP contribution in [0.2, 0.25) is 5.02 Å². The zero-order valence-corrected chi connectivity index (χ0v) is 8.24. The van der Waals surface area contributed by atoms with Gasteiger partial charge in [-0.15, -0.1) is 10.2 Å². The Balaban J connectivity index is 2.34. The molecule has 5 nitrogen and oxygen atoms in total. The lowest BCUT2D eigenvalue weighted by Crippen LogP contribution is -2.14. The van der Waals surface area contributed by atoms with Crippen molar-refractivity contribution in [3.05, 3.63) is 40.4 Å². The van der Waals surface area contributed by atoms with Crippen LogP contribution in [0.25, 0.3) is 0 Å². The molecule has 1 aromatic heterocycles. The fourth-order valence-electron chi connectivity index (χ4n) is 1.16. The monoisotopic (exact) mass is 227 g/mol. The summed E-state index contributed by atoms with van der Waals surface area (Å²) in [5.41, 5.74) is 6.33. The predicted molar refractivity (Wildman–Crippen MR) is 51.6 cm³/mol. The second-order valence-electron chi connectivity index (χ2n) is 2.92. The maximum Gasteiger partial charge on any atom is 0.195 e. The molecule has 15 heavy (non-hydrogen) atoms. The van der Waals surface area contributed by atoms with Gasteiger partial charge in [0.1, 0.15) is 5.82 Å². The summed E-state index contributed by atoms with van der Waals surface area (Å²) in [5.74, 6) is -0.218. The molecule has 0 amide bonds. The van der Waals surface area contributed by atoms with E-state index in [1.54, 1.807) is 6.07 Å². The topological polar surface area (TPSA) is 80.5 Å². The SMILES string of the molecule is N[C@@H](c1ccc(Cl)c(F)c1)c1nn[nH]n1. The second-order valence-corrected chi connectivity index (χ2v) is 3.33. The first-order valence-electron chi connectivity index (χ1n) is 4.12. The van der Waals surface area contributed by atoms with E-state index in [-0.39, 0.29) is 5.02 Å².